The maximum Gasteiger partial charge on any atom is 0.234 e. The van der Waals surface area contributed by atoms with Gasteiger partial charge >= 0.3 is 0 Å². The molecule has 1 aromatic rings. The highest BCUT2D eigenvalue weighted by Gasteiger charge is 2.17. The van der Waals surface area contributed by atoms with Gasteiger partial charge in [-0.1, -0.05) is 28.1 Å². The van der Waals surface area contributed by atoms with Gasteiger partial charge < -0.3 is 10.6 Å². The zero-order chi connectivity index (χ0) is 17.6. The van der Waals surface area contributed by atoms with Gasteiger partial charge in [0.05, 0.1) is 19.1 Å². The van der Waals surface area contributed by atoms with Gasteiger partial charge in [-0.05, 0) is 52.4 Å². The third kappa shape index (κ3) is 8.13. The van der Waals surface area contributed by atoms with Gasteiger partial charge in [0, 0.05) is 10.0 Å². The molecule has 0 radical (unpaired) electrons. The monoisotopic (exact) mass is 383 g/mol. The second-order valence-corrected chi connectivity index (χ2v) is 7.73. The van der Waals surface area contributed by atoms with Crippen LogP contribution in [0.3, 0.4) is 0 Å². The molecule has 1 rings (SSSR count). The fourth-order valence-electron chi connectivity index (χ4n) is 2.13. The predicted molar refractivity (Wildman–Crippen MR) is 96.1 cm³/mol. The van der Waals surface area contributed by atoms with Crippen LogP contribution in [0.25, 0.3) is 0 Å². The fourth-order valence-corrected chi connectivity index (χ4v) is 2.39. The van der Waals surface area contributed by atoms with Gasteiger partial charge in [0.2, 0.25) is 11.8 Å². The van der Waals surface area contributed by atoms with Crippen molar-refractivity contribution in [3.8, 4) is 0 Å². The summed E-state index contributed by atoms with van der Waals surface area (Å²) >= 11 is 3.39. The first kappa shape index (κ1) is 19.6. The van der Waals surface area contributed by atoms with E-state index >= 15 is 0 Å². The van der Waals surface area contributed by atoms with Crippen molar-refractivity contribution in [3.05, 3.63) is 34.3 Å². The van der Waals surface area contributed by atoms with E-state index in [9.17, 15) is 9.59 Å². The minimum Gasteiger partial charge on any atom is -0.350 e. The molecule has 2 amide bonds. The van der Waals surface area contributed by atoms with Crippen LogP contribution in [0.4, 0.5) is 0 Å². The number of likely N-dealkylation sites (N-methyl/N-ethyl adjacent to an activating group) is 1. The summed E-state index contributed by atoms with van der Waals surface area (Å²) in [5.74, 6) is -0.194. The van der Waals surface area contributed by atoms with Crippen LogP contribution in [0, 0.1) is 0 Å². The van der Waals surface area contributed by atoms with Gasteiger partial charge in [0.1, 0.15) is 0 Å². The lowest BCUT2D eigenvalue weighted by atomic mass is 10.1. The van der Waals surface area contributed by atoms with Crippen molar-refractivity contribution in [1.29, 1.82) is 0 Å². The summed E-state index contributed by atoms with van der Waals surface area (Å²) in [6, 6.07) is 7.75. The number of amides is 2. The van der Waals surface area contributed by atoms with Gasteiger partial charge in [-0.15, -0.1) is 0 Å². The molecule has 0 aliphatic rings. The fraction of sp³-hybridized carbons (Fsp3) is 0.529. The van der Waals surface area contributed by atoms with Crippen molar-refractivity contribution >= 4 is 27.7 Å². The maximum absolute atomic E-state index is 12.1. The predicted octanol–water partition coefficient (Wildman–Crippen LogP) is 2.47. The van der Waals surface area contributed by atoms with E-state index in [0.29, 0.717) is 0 Å². The molecular weight excluding hydrogens is 358 g/mol. The van der Waals surface area contributed by atoms with E-state index in [1.807, 2.05) is 52.0 Å². The van der Waals surface area contributed by atoms with Gasteiger partial charge in [-0.3, -0.25) is 14.5 Å². The second kappa shape index (κ2) is 8.45. The first-order chi connectivity index (χ1) is 10.6. The van der Waals surface area contributed by atoms with Gasteiger partial charge in [-0.25, -0.2) is 0 Å². The molecule has 2 N–H and O–H groups in total. The highest BCUT2D eigenvalue weighted by molar-refractivity contribution is 9.10. The van der Waals surface area contributed by atoms with Crippen molar-refractivity contribution in [2.24, 2.45) is 0 Å². The molecule has 23 heavy (non-hydrogen) atoms. The lowest BCUT2D eigenvalue weighted by molar-refractivity contribution is -0.125. The zero-order valence-electron chi connectivity index (χ0n) is 14.4. The molecule has 0 heterocycles. The summed E-state index contributed by atoms with van der Waals surface area (Å²) in [4.78, 5) is 25.6. The van der Waals surface area contributed by atoms with Gasteiger partial charge in [0.25, 0.3) is 0 Å². The van der Waals surface area contributed by atoms with Crippen LogP contribution in [0.5, 0.6) is 0 Å². The Hall–Kier alpha value is -1.40. The molecule has 0 bridgehead atoms. The standard InChI is InChI=1S/C17H26BrN3O2/c1-12(13-6-8-14(18)9-7-13)19-15(22)10-21(5)11-16(23)20-17(2,3)4/h6-9,12H,10-11H2,1-5H3,(H,19,22)(H,20,23)/t12-/m0/s1. The maximum atomic E-state index is 12.1. The highest BCUT2D eigenvalue weighted by Crippen LogP contribution is 2.16. The number of nitrogens with one attached hydrogen (secondary N) is 2. The Balaban J connectivity index is 2.43. The number of hydrogen-bond donors (Lipinski definition) is 2. The Bertz CT molecular complexity index is 538. The SMILES string of the molecule is C[C@H](NC(=O)CN(C)CC(=O)NC(C)(C)C)c1ccc(Br)cc1. The lowest BCUT2D eigenvalue weighted by Crippen LogP contribution is -2.47. The first-order valence-corrected chi connectivity index (χ1v) is 8.40. The number of benzene rings is 1. The Labute approximate surface area is 146 Å². The number of halogens is 1. The number of carbonyl (C=O) groups excluding carboxylic acids is 2. The summed E-state index contributed by atoms with van der Waals surface area (Å²) in [7, 11) is 1.76. The van der Waals surface area contributed by atoms with Crippen molar-refractivity contribution in [2.75, 3.05) is 20.1 Å². The van der Waals surface area contributed by atoms with Crippen LogP contribution in [0.1, 0.15) is 39.3 Å². The Morgan fingerprint density at radius 1 is 1.13 bits per heavy atom. The van der Waals surface area contributed by atoms with E-state index in [0.717, 1.165) is 10.0 Å². The van der Waals surface area contributed by atoms with E-state index in [1.54, 1.807) is 11.9 Å². The quantitative estimate of drug-likeness (QED) is 0.792. The summed E-state index contributed by atoms with van der Waals surface area (Å²) in [6.07, 6.45) is 0. The summed E-state index contributed by atoms with van der Waals surface area (Å²) in [6.45, 7) is 8.09. The molecule has 0 aromatic heterocycles. The van der Waals surface area contributed by atoms with E-state index < -0.39 is 0 Å². The molecular formula is C17H26BrN3O2. The molecule has 0 aliphatic carbocycles. The molecule has 1 aromatic carbocycles. The number of nitrogens with zero attached hydrogens (tertiary/aromatic N) is 1. The van der Waals surface area contributed by atoms with Crippen molar-refractivity contribution in [1.82, 2.24) is 15.5 Å². The molecule has 0 saturated heterocycles. The average molecular weight is 384 g/mol. The average Bonchev–Trinajstić information content (AvgIpc) is 2.36. The normalized spacial score (nSPS) is 12.8. The largest absolute Gasteiger partial charge is 0.350 e. The molecule has 6 heteroatoms. The molecule has 0 spiro atoms. The van der Waals surface area contributed by atoms with Crippen LogP contribution < -0.4 is 10.6 Å². The highest BCUT2D eigenvalue weighted by atomic mass is 79.9. The topological polar surface area (TPSA) is 61.4 Å². The smallest absolute Gasteiger partial charge is 0.234 e. The molecule has 1 atom stereocenters. The van der Waals surface area contributed by atoms with E-state index in [1.165, 1.54) is 0 Å². The van der Waals surface area contributed by atoms with Crippen LogP contribution in [0.15, 0.2) is 28.7 Å². The van der Waals surface area contributed by atoms with Gasteiger partial charge in [-0.2, -0.15) is 0 Å². The van der Waals surface area contributed by atoms with Crippen LogP contribution in [0.2, 0.25) is 0 Å². The van der Waals surface area contributed by atoms with Crippen molar-refractivity contribution in [3.63, 3.8) is 0 Å². The summed E-state index contributed by atoms with van der Waals surface area (Å²) in [5.41, 5.74) is 0.769. The third-order valence-electron chi connectivity index (χ3n) is 3.09. The number of rotatable bonds is 6. The van der Waals surface area contributed by atoms with Crippen molar-refractivity contribution < 1.29 is 9.59 Å². The first-order valence-electron chi connectivity index (χ1n) is 7.61. The van der Waals surface area contributed by atoms with Crippen LogP contribution in [-0.4, -0.2) is 42.4 Å². The molecule has 5 nitrogen and oxygen atoms in total. The lowest BCUT2D eigenvalue weighted by Gasteiger charge is -2.23. The molecule has 0 unspecified atom stereocenters. The van der Waals surface area contributed by atoms with Crippen LogP contribution >= 0.6 is 15.9 Å². The Kier molecular flexibility index (Phi) is 7.22. The molecule has 0 aliphatic heterocycles. The summed E-state index contributed by atoms with van der Waals surface area (Å²) < 4.78 is 1.00. The second-order valence-electron chi connectivity index (χ2n) is 6.81. The van der Waals surface area contributed by atoms with E-state index in [-0.39, 0.29) is 36.5 Å². The number of carbonyl (C=O) groups is 2. The van der Waals surface area contributed by atoms with E-state index in [4.69, 9.17) is 0 Å². The minimum atomic E-state index is -0.268. The Morgan fingerprint density at radius 3 is 2.17 bits per heavy atom. The molecule has 0 saturated carbocycles. The molecule has 128 valence electrons. The van der Waals surface area contributed by atoms with Gasteiger partial charge in [0.15, 0.2) is 0 Å². The zero-order valence-corrected chi connectivity index (χ0v) is 16.0. The molecule has 0 fully saturated rings. The van der Waals surface area contributed by atoms with E-state index in [2.05, 4.69) is 26.6 Å². The Morgan fingerprint density at radius 2 is 1.65 bits per heavy atom. The van der Waals surface area contributed by atoms with Crippen LogP contribution in [-0.2, 0) is 9.59 Å². The number of hydrogen-bond acceptors (Lipinski definition) is 3. The summed E-state index contributed by atoms with van der Waals surface area (Å²) in [5, 5.41) is 5.82. The van der Waals surface area contributed by atoms with Crippen molar-refractivity contribution in [2.45, 2.75) is 39.3 Å². The minimum absolute atomic E-state index is 0.0765. The third-order valence-corrected chi connectivity index (χ3v) is 3.62.